The molecule has 0 aliphatic heterocycles. The van der Waals surface area contributed by atoms with E-state index in [9.17, 15) is 22.0 Å². The van der Waals surface area contributed by atoms with Crippen molar-refractivity contribution in [3.8, 4) is 0 Å². The van der Waals surface area contributed by atoms with Gasteiger partial charge in [-0.2, -0.15) is 0 Å². The van der Waals surface area contributed by atoms with E-state index in [0.717, 1.165) is 22.2 Å². The summed E-state index contributed by atoms with van der Waals surface area (Å²) in [5.74, 6) is -2.66. The Morgan fingerprint density at radius 2 is 1.53 bits per heavy atom. The predicted molar refractivity (Wildman–Crippen MR) is 113 cm³/mol. The highest BCUT2D eigenvalue weighted by molar-refractivity contribution is 7.92. The van der Waals surface area contributed by atoms with Crippen molar-refractivity contribution in [2.75, 3.05) is 10.0 Å². The largest absolute Gasteiger partial charge is 0.321 e. The highest BCUT2D eigenvalue weighted by atomic mass is 32.2. The van der Waals surface area contributed by atoms with Crippen molar-refractivity contribution >= 4 is 48.7 Å². The van der Waals surface area contributed by atoms with E-state index in [1.54, 1.807) is 6.07 Å². The minimum Gasteiger partial charge on any atom is -0.321 e. The highest BCUT2D eigenvalue weighted by Gasteiger charge is 2.17. The van der Waals surface area contributed by atoms with Gasteiger partial charge in [0.05, 0.1) is 9.77 Å². The molecule has 2 N–H and O–H groups in total. The molecule has 4 rings (SSSR count). The molecule has 0 saturated heterocycles. The van der Waals surface area contributed by atoms with Crippen molar-refractivity contribution < 1.29 is 22.0 Å². The molecule has 30 heavy (non-hydrogen) atoms. The third-order valence-electron chi connectivity index (χ3n) is 4.25. The Labute approximate surface area is 175 Å². The van der Waals surface area contributed by atoms with Gasteiger partial charge < -0.3 is 5.32 Å². The molecule has 0 spiro atoms. The first-order chi connectivity index (χ1) is 14.3. The van der Waals surface area contributed by atoms with Crippen molar-refractivity contribution in [1.82, 2.24) is 0 Å². The lowest BCUT2D eigenvalue weighted by Crippen LogP contribution is -2.14. The lowest BCUT2D eigenvalue weighted by molar-refractivity contribution is 0.103. The van der Waals surface area contributed by atoms with Crippen LogP contribution in [0.5, 0.6) is 0 Å². The maximum Gasteiger partial charge on any atom is 0.265 e. The van der Waals surface area contributed by atoms with Crippen molar-refractivity contribution in [3.05, 3.63) is 89.3 Å². The van der Waals surface area contributed by atoms with E-state index >= 15 is 0 Å². The molecular weight excluding hydrogens is 430 g/mol. The summed E-state index contributed by atoms with van der Waals surface area (Å²) in [6, 6.07) is 17.8. The zero-order valence-electron chi connectivity index (χ0n) is 15.2. The SMILES string of the molecule is O=C(Nc1ccc(NS(=O)(=O)c2ccc(F)c(F)c2)cc1)c1cc2ccccc2s1. The van der Waals surface area contributed by atoms with Crippen LogP contribution in [0.4, 0.5) is 20.2 Å². The molecule has 5 nitrogen and oxygen atoms in total. The molecule has 0 saturated carbocycles. The van der Waals surface area contributed by atoms with Crippen LogP contribution in [0.2, 0.25) is 0 Å². The van der Waals surface area contributed by atoms with Gasteiger partial charge in [-0.25, -0.2) is 17.2 Å². The predicted octanol–water partition coefficient (Wildman–Crippen LogP) is 5.23. The van der Waals surface area contributed by atoms with Crippen LogP contribution in [0.1, 0.15) is 9.67 Å². The van der Waals surface area contributed by atoms with Crippen LogP contribution in [0, 0.1) is 11.6 Å². The van der Waals surface area contributed by atoms with Crippen molar-refractivity contribution in [2.24, 2.45) is 0 Å². The number of hydrogen-bond donors (Lipinski definition) is 2. The van der Waals surface area contributed by atoms with Crippen LogP contribution in [-0.2, 0) is 10.0 Å². The normalized spacial score (nSPS) is 11.4. The Hall–Kier alpha value is -3.30. The van der Waals surface area contributed by atoms with E-state index in [1.165, 1.54) is 35.6 Å². The molecule has 0 fully saturated rings. The molecular formula is C21H14F2N2O3S2. The van der Waals surface area contributed by atoms with E-state index in [0.29, 0.717) is 16.6 Å². The molecule has 0 bridgehead atoms. The van der Waals surface area contributed by atoms with Gasteiger partial charge in [0, 0.05) is 16.1 Å². The number of amides is 1. The van der Waals surface area contributed by atoms with Crippen molar-refractivity contribution in [3.63, 3.8) is 0 Å². The molecule has 0 atom stereocenters. The Morgan fingerprint density at radius 3 is 2.23 bits per heavy atom. The molecule has 1 amide bonds. The summed E-state index contributed by atoms with van der Waals surface area (Å²) >= 11 is 1.37. The van der Waals surface area contributed by atoms with Gasteiger partial charge in [0.25, 0.3) is 15.9 Å². The number of anilines is 2. The van der Waals surface area contributed by atoms with Crippen LogP contribution in [0.15, 0.2) is 77.7 Å². The zero-order chi connectivity index (χ0) is 21.3. The van der Waals surface area contributed by atoms with Crippen LogP contribution >= 0.6 is 11.3 Å². The number of thiophene rings is 1. The Kier molecular flexibility index (Phi) is 5.23. The van der Waals surface area contributed by atoms with E-state index in [1.807, 2.05) is 24.3 Å². The summed E-state index contributed by atoms with van der Waals surface area (Å²) in [5, 5.41) is 3.74. The number of fused-ring (bicyclic) bond motifs is 1. The van der Waals surface area contributed by atoms with Crippen LogP contribution in [0.25, 0.3) is 10.1 Å². The van der Waals surface area contributed by atoms with Gasteiger partial charge in [-0.05, 0) is 60.0 Å². The van der Waals surface area contributed by atoms with Crippen LogP contribution < -0.4 is 10.0 Å². The lowest BCUT2D eigenvalue weighted by Gasteiger charge is -2.09. The highest BCUT2D eigenvalue weighted by Crippen LogP contribution is 2.26. The lowest BCUT2D eigenvalue weighted by atomic mass is 10.2. The number of carbonyl (C=O) groups is 1. The number of rotatable bonds is 5. The smallest absolute Gasteiger partial charge is 0.265 e. The minimum atomic E-state index is -4.09. The second-order valence-electron chi connectivity index (χ2n) is 6.36. The molecule has 1 heterocycles. The molecule has 1 aromatic heterocycles. The number of carbonyl (C=O) groups excluding carboxylic acids is 1. The average Bonchev–Trinajstić information content (AvgIpc) is 3.16. The topological polar surface area (TPSA) is 75.3 Å². The molecule has 9 heteroatoms. The fraction of sp³-hybridized carbons (Fsp3) is 0. The van der Waals surface area contributed by atoms with Gasteiger partial charge in [0.15, 0.2) is 11.6 Å². The number of sulfonamides is 1. The summed E-state index contributed by atoms with van der Waals surface area (Å²) in [6.07, 6.45) is 0. The average molecular weight is 444 g/mol. The first kappa shape index (κ1) is 20.0. The summed E-state index contributed by atoms with van der Waals surface area (Å²) in [7, 11) is -4.09. The van der Waals surface area contributed by atoms with E-state index in [4.69, 9.17) is 0 Å². The second kappa shape index (κ2) is 7.85. The van der Waals surface area contributed by atoms with Crippen LogP contribution in [-0.4, -0.2) is 14.3 Å². The third-order valence-corrected chi connectivity index (χ3v) is 6.74. The van der Waals surface area contributed by atoms with E-state index in [2.05, 4.69) is 10.0 Å². The van der Waals surface area contributed by atoms with Crippen molar-refractivity contribution in [2.45, 2.75) is 4.90 Å². The number of hydrogen-bond acceptors (Lipinski definition) is 4. The van der Waals surface area contributed by atoms with Gasteiger partial charge in [0.2, 0.25) is 0 Å². The van der Waals surface area contributed by atoms with Gasteiger partial charge >= 0.3 is 0 Å². The summed E-state index contributed by atoms with van der Waals surface area (Å²) in [4.78, 5) is 12.6. The zero-order valence-corrected chi connectivity index (χ0v) is 16.9. The van der Waals surface area contributed by atoms with Crippen molar-refractivity contribution in [1.29, 1.82) is 0 Å². The summed E-state index contributed by atoms with van der Waals surface area (Å²) < 4.78 is 54.3. The summed E-state index contributed by atoms with van der Waals surface area (Å²) in [5.41, 5.74) is 0.688. The molecule has 0 aliphatic rings. The van der Waals surface area contributed by atoms with Gasteiger partial charge in [-0.1, -0.05) is 18.2 Å². The Bertz CT molecular complexity index is 1320. The monoisotopic (exact) mass is 444 g/mol. The Balaban J connectivity index is 1.47. The second-order valence-corrected chi connectivity index (χ2v) is 9.13. The summed E-state index contributed by atoms with van der Waals surface area (Å²) in [6.45, 7) is 0. The number of benzene rings is 3. The molecule has 4 aromatic rings. The molecule has 152 valence electrons. The molecule has 3 aromatic carbocycles. The fourth-order valence-corrected chi connectivity index (χ4v) is 4.79. The van der Waals surface area contributed by atoms with E-state index < -0.39 is 26.6 Å². The maximum atomic E-state index is 13.3. The molecule has 0 aliphatic carbocycles. The minimum absolute atomic E-state index is 0.208. The quantitative estimate of drug-likeness (QED) is 0.442. The number of nitrogens with one attached hydrogen (secondary N) is 2. The Morgan fingerprint density at radius 1 is 0.833 bits per heavy atom. The van der Waals surface area contributed by atoms with Gasteiger partial charge in [0.1, 0.15) is 0 Å². The maximum absolute atomic E-state index is 13.3. The first-order valence-electron chi connectivity index (χ1n) is 8.70. The number of halogens is 2. The van der Waals surface area contributed by atoms with Crippen LogP contribution in [0.3, 0.4) is 0 Å². The van der Waals surface area contributed by atoms with E-state index in [-0.39, 0.29) is 11.6 Å². The molecule has 0 unspecified atom stereocenters. The first-order valence-corrected chi connectivity index (χ1v) is 11.0. The third kappa shape index (κ3) is 4.17. The fourth-order valence-electron chi connectivity index (χ4n) is 2.77. The van der Waals surface area contributed by atoms with Gasteiger partial charge in [-0.15, -0.1) is 11.3 Å². The standard InChI is InChI=1S/C21H14F2N2O3S2/c22-17-10-9-16(12-18(17)23)30(27,28)25-15-7-5-14(6-8-15)24-21(26)20-11-13-3-1-2-4-19(13)29-20/h1-12,25H,(H,24,26). The van der Waals surface area contributed by atoms with Gasteiger partial charge in [-0.3, -0.25) is 9.52 Å². The molecule has 0 radical (unpaired) electrons.